The summed E-state index contributed by atoms with van der Waals surface area (Å²) in [6, 6.07) is -0.0623. The standard InChI is InChI=1S/C19H29N5O2/c1-21-14-16(13-20-21)24-8-4-7-17(19(24)26)22-9-11-23(12-10-22)18(25)15-5-2-3-6-15/h13-15,17H,2-12H2,1H3. The smallest absolute Gasteiger partial charge is 0.244 e. The molecule has 3 fully saturated rings. The molecule has 3 heterocycles. The molecule has 142 valence electrons. The third-order valence-corrected chi connectivity index (χ3v) is 6.18. The number of carbonyl (C=O) groups is 2. The van der Waals surface area contributed by atoms with Crippen molar-refractivity contribution in [2.24, 2.45) is 13.0 Å². The number of amides is 2. The Balaban J connectivity index is 1.36. The van der Waals surface area contributed by atoms with Crippen LogP contribution in [0.15, 0.2) is 12.4 Å². The summed E-state index contributed by atoms with van der Waals surface area (Å²) in [7, 11) is 1.87. The van der Waals surface area contributed by atoms with Gasteiger partial charge in [0.05, 0.1) is 17.9 Å². The van der Waals surface area contributed by atoms with Crippen LogP contribution in [0, 0.1) is 5.92 Å². The molecule has 7 heteroatoms. The first kappa shape index (κ1) is 17.5. The molecular weight excluding hydrogens is 330 g/mol. The van der Waals surface area contributed by atoms with Gasteiger partial charge in [-0.3, -0.25) is 19.2 Å². The van der Waals surface area contributed by atoms with E-state index in [0.29, 0.717) is 5.91 Å². The maximum absolute atomic E-state index is 13.0. The van der Waals surface area contributed by atoms with Gasteiger partial charge in [-0.1, -0.05) is 12.8 Å². The summed E-state index contributed by atoms with van der Waals surface area (Å²) in [5.41, 5.74) is 0.886. The first-order valence-electron chi connectivity index (χ1n) is 9.96. The highest BCUT2D eigenvalue weighted by Crippen LogP contribution is 2.28. The van der Waals surface area contributed by atoms with Gasteiger partial charge < -0.3 is 9.80 Å². The molecule has 1 aromatic heterocycles. The Morgan fingerprint density at radius 2 is 1.77 bits per heavy atom. The zero-order valence-electron chi connectivity index (χ0n) is 15.6. The van der Waals surface area contributed by atoms with E-state index in [1.165, 1.54) is 12.8 Å². The topological polar surface area (TPSA) is 61.7 Å². The van der Waals surface area contributed by atoms with E-state index >= 15 is 0 Å². The summed E-state index contributed by atoms with van der Waals surface area (Å²) in [6.07, 6.45) is 10.1. The van der Waals surface area contributed by atoms with Crippen LogP contribution in [0.2, 0.25) is 0 Å². The van der Waals surface area contributed by atoms with E-state index in [0.717, 1.165) is 64.1 Å². The van der Waals surface area contributed by atoms with Crippen LogP contribution in [0.5, 0.6) is 0 Å². The maximum Gasteiger partial charge on any atom is 0.244 e. The SMILES string of the molecule is Cn1cc(N2CCCC(N3CCN(C(=O)C4CCCC4)CC3)C2=O)cn1. The van der Waals surface area contributed by atoms with Crippen LogP contribution >= 0.6 is 0 Å². The molecule has 0 spiro atoms. The molecule has 3 aliphatic rings. The molecule has 1 saturated carbocycles. The van der Waals surface area contributed by atoms with Crippen molar-refractivity contribution in [3.63, 3.8) is 0 Å². The number of aryl methyl sites for hydroxylation is 1. The van der Waals surface area contributed by atoms with Gasteiger partial charge in [-0.05, 0) is 25.7 Å². The number of anilines is 1. The predicted molar refractivity (Wildman–Crippen MR) is 98.7 cm³/mol. The molecule has 1 aliphatic carbocycles. The van der Waals surface area contributed by atoms with Crippen LogP contribution in [-0.2, 0) is 16.6 Å². The van der Waals surface area contributed by atoms with Crippen LogP contribution in [0.3, 0.4) is 0 Å². The summed E-state index contributed by atoms with van der Waals surface area (Å²) in [4.78, 5) is 31.8. The minimum Gasteiger partial charge on any atom is -0.340 e. The molecule has 2 saturated heterocycles. The van der Waals surface area contributed by atoms with Gasteiger partial charge in [0.2, 0.25) is 11.8 Å². The number of carbonyl (C=O) groups excluding carboxylic acids is 2. The lowest BCUT2D eigenvalue weighted by molar-refractivity contribution is -0.138. The first-order chi connectivity index (χ1) is 12.6. The zero-order valence-corrected chi connectivity index (χ0v) is 15.6. The Morgan fingerprint density at radius 1 is 1.04 bits per heavy atom. The number of piperidine rings is 1. The normalized spacial score (nSPS) is 25.9. The molecule has 1 unspecified atom stereocenters. The molecule has 2 amide bonds. The number of aromatic nitrogens is 2. The van der Waals surface area contributed by atoms with Crippen LogP contribution in [0.25, 0.3) is 0 Å². The van der Waals surface area contributed by atoms with Crippen molar-refractivity contribution in [1.29, 1.82) is 0 Å². The van der Waals surface area contributed by atoms with Crippen LogP contribution < -0.4 is 4.90 Å². The van der Waals surface area contributed by atoms with E-state index < -0.39 is 0 Å². The summed E-state index contributed by atoms with van der Waals surface area (Å²) in [5, 5.41) is 4.20. The fourth-order valence-corrected chi connectivity index (χ4v) is 4.68. The number of rotatable bonds is 3. The van der Waals surface area contributed by atoms with Crippen molar-refractivity contribution in [3.8, 4) is 0 Å². The lowest BCUT2D eigenvalue weighted by Crippen LogP contribution is -2.58. The van der Waals surface area contributed by atoms with Crippen molar-refractivity contribution in [3.05, 3.63) is 12.4 Å². The Morgan fingerprint density at radius 3 is 2.42 bits per heavy atom. The highest BCUT2D eigenvalue weighted by Gasteiger charge is 2.37. The van der Waals surface area contributed by atoms with Crippen LogP contribution in [0.1, 0.15) is 38.5 Å². The molecule has 0 bridgehead atoms. The van der Waals surface area contributed by atoms with E-state index in [2.05, 4.69) is 10.00 Å². The minimum atomic E-state index is -0.0623. The van der Waals surface area contributed by atoms with Crippen molar-refractivity contribution in [2.45, 2.75) is 44.6 Å². The molecule has 4 rings (SSSR count). The van der Waals surface area contributed by atoms with Gasteiger partial charge in [-0.15, -0.1) is 0 Å². The van der Waals surface area contributed by atoms with Crippen LogP contribution in [0.4, 0.5) is 5.69 Å². The molecule has 0 radical (unpaired) electrons. The zero-order chi connectivity index (χ0) is 18.1. The third-order valence-electron chi connectivity index (χ3n) is 6.18. The van der Waals surface area contributed by atoms with E-state index in [4.69, 9.17) is 0 Å². The molecule has 26 heavy (non-hydrogen) atoms. The molecule has 1 aromatic rings. The molecule has 0 aromatic carbocycles. The van der Waals surface area contributed by atoms with Gasteiger partial charge in [0, 0.05) is 51.9 Å². The highest BCUT2D eigenvalue weighted by atomic mass is 16.2. The number of nitrogens with zero attached hydrogens (tertiary/aromatic N) is 5. The maximum atomic E-state index is 13.0. The van der Waals surface area contributed by atoms with Crippen molar-refractivity contribution < 1.29 is 9.59 Å². The fourth-order valence-electron chi connectivity index (χ4n) is 4.68. The van der Waals surface area contributed by atoms with Gasteiger partial charge in [-0.2, -0.15) is 5.10 Å². The van der Waals surface area contributed by atoms with Crippen LogP contribution in [-0.4, -0.2) is 70.2 Å². The summed E-state index contributed by atoms with van der Waals surface area (Å²) < 4.78 is 1.74. The van der Waals surface area contributed by atoms with Gasteiger partial charge in [0.25, 0.3) is 0 Å². The first-order valence-corrected chi connectivity index (χ1v) is 9.96. The van der Waals surface area contributed by atoms with E-state index in [1.54, 1.807) is 10.9 Å². The van der Waals surface area contributed by atoms with Gasteiger partial charge in [-0.25, -0.2) is 0 Å². The Labute approximate surface area is 154 Å². The fraction of sp³-hybridized carbons (Fsp3) is 0.737. The summed E-state index contributed by atoms with van der Waals surface area (Å²) >= 11 is 0. The summed E-state index contributed by atoms with van der Waals surface area (Å²) in [6.45, 7) is 3.88. The monoisotopic (exact) mass is 359 g/mol. The minimum absolute atomic E-state index is 0.0623. The molecule has 2 aliphatic heterocycles. The number of hydrogen-bond donors (Lipinski definition) is 0. The van der Waals surface area contributed by atoms with Gasteiger partial charge >= 0.3 is 0 Å². The van der Waals surface area contributed by atoms with Crippen molar-refractivity contribution in [2.75, 3.05) is 37.6 Å². The molecule has 7 nitrogen and oxygen atoms in total. The van der Waals surface area contributed by atoms with Gasteiger partial charge in [0.15, 0.2) is 0 Å². The number of piperazine rings is 1. The van der Waals surface area contributed by atoms with E-state index in [1.807, 2.05) is 23.0 Å². The lowest BCUT2D eigenvalue weighted by atomic mass is 10.0. The summed E-state index contributed by atoms with van der Waals surface area (Å²) in [5.74, 6) is 0.771. The average molecular weight is 359 g/mol. The lowest BCUT2D eigenvalue weighted by Gasteiger charge is -2.42. The van der Waals surface area contributed by atoms with Crippen molar-refractivity contribution >= 4 is 17.5 Å². The van der Waals surface area contributed by atoms with E-state index in [-0.39, 0.29) is 17.9 Å². The predicted octanol–water partition coefficient (Wildman–Crippen LogP) is 1.25. The van der Waals surface area contributed by atoms with Gasteiger partial charge in [0.1, 0.15) is 0 Å². The number of hydrogen-bond acceptors (Lipinski definition) is 4. The third kappa shape index (κ3) is 3.37. The Kier molecular flexibility index (Phi) is 4.98. The Hall–Kier alpha value is -1.89. The van der Waals surface area contributed by atoms with Crippen molar-refractivity contribution in [1.82, 2.24) is 19.6 Å². The average Bonchev–Trinajstić information content (AvgIpc) is 3.33. The highest BCUT2D eigenvalue weighted by molar-refractivity contribution is 5.97. The second-order valence-electron chi connectivity index (χ2n) is 7.86. The Bertz CT molecular complexity index is 659. The molecule has 1 atom stereocenters. The largest absolute Gasteiger partial charge is 0.340 e. The second kappa shape index (κ2) is 7.39. The quantitative estimate of drug-likeness (QED) is 0.815. The molecule has 0 N–H and O–H groups in total. The second-order valence-corrected chi connectivity index (χ2v) is 7.86. The van der Waals surface area contributed by atoms with E-state index in [9.17, 15) is 9.59 Å². The molecular formula is C19H29N5O2.